The van der Waals surface area contributed by atoms with Crippen LogP contribution in [0.2, 0.25) is 0 Å². The Hall–Kier alpha value is -3.10. The van der Waals surface area contributed by atoms with Crippen molar-refractivity contribution in [3.8, 4) is 23.6 Å². The number of benzene rings is 2. The van der Waals surface area contributed by atoms with Crippen LogP contribution in [0.1, 0.15) is 34.5 Å². The van der Waals surface area contributed by atoms with Gasteiger partial charge in [0, 0.05) is 11.1 Å². The summed E-state index contributed by atoms with van der Waals surface area (Å²) in [6, 6.07) is 15.2. The van der Waals surface area contributed by atoms with Crippen molar-refractivity contribution in [3.63, 3.8) is 0 Å². The summed E-state index contributed by atoms with van der Waals surface area (Å²) in [5, 5.41) is 19.4. The maximum atomic E-state index is 9.69. The highest BCUT2D eigenvalue weighted by Gasteiger charge is 2.44. The topological polar surface area (TPSA) is 100 Å². The number of rotatable bonds is 8. The Labute approximate surface area is 168 Å². The van der Waals surface area contributed by atoms with Crippen molar-refractivity contribution in [2.24, 2.45) is 0 Å². The molecule has 4 unspecified atom stereocenters. The summed E-state index contributed by atoms with van der Waals surface area (Å²) < 4.78 is 28.2. The number of hydrogen-bond donors (Lipinski definition) is 0. The highest BCUT2D eigenvalue weighted by atomic mass is 16.6. The number of nitriles is 2. The molecule has 0 amide bonds. The van der Waals surface area contributed by atoms with Gasteiger partial charge in [0.1, 0.15) is 48.1 Å². The lowest BCUT2D eigenvalue weighted by Crippen LogP contribution is -2.21. The molecule has 0 aromatic heterocycles. The van der Waals surface area contributed by atoms with Crippen molar-refractivity contribution in [2.45, 2.75) is 24.4 Å². The number of nitrogens with zero attached hydrogens (tertiary/aromatic N) is 2. The molecular formula is C22H20N2O5. The van der Waals surface area contributed by atoms with Crippen LogP contribution < -0.4 is 9.47 Å². The summed E-state index contributed by atoms with van der Waals surface area (Å²) >= 11 is 0. The van der Waals surface area contributed by atoms with E-state index in [2.05, 4.69) is 12.1 Å². The Morgan fingerprint density at radius 3 is 1.55 bits per heavy atom. The van der Waals surface area contributed by atoms with E-state index in [0.717, 1.165) is 0 Å². The van der Waals surface area contributed by atoms with Gasteiger partial charge in [0.05, 0.1) is 38.6 Å². The third kappa shape index (κ3) is 3.76. The van der Waals surface area contributed by atoms with Crippen LogP contribution in [0.4, 0.5) is 0 Å². The normalized spacial score (nSPS) is 21.4. The molecule has 4 atom stereocenters. The van der Waals surface area contributed by atoms with E-state index in [1.165, 1.54) is 14.2 Å². The molecule has 0 bridgehead atoms. The van der Waals surface area contributed by atoms with Gasteiger partial charge in [-0.05, 0) is 12.1 Å². The zero-order chi connectivity index (χ0) is 20.4. The van der Waals surface area contributed by atoms with Gasteiger partial charge in [0.25, 0.3) is 0 Å². The first-order valence-corrected chi connectivity index (χ1v) is 9.24. The molecule has 0 N–H and O–H groups in total. The fourth-order valence-electron chi connectivity index (χ4n) is 3.49. The summed E-state index contributed by atoms with van der Waals surface area (Å²) in [5.41, 5.74) is 2.22. The summed E-state index contributed by atoms with van der Waals surface area (Å²) in [5.74, 6) is 0.968. The molecule has 2 saturated heterocycles. The van der Waals surface area contributed by atoms with Crippen LogP contribution in [0.25, 0.3) is 0 Å². The number of methoxy groups -OCH3 is 2. The lowest BCUT2D eigenvalue weighted by Gasteiger charge is -2.25. The van der Waals surface area contributed by atoms with Crippen molar-refractivity contribution < 1.29 is 23.7 Å². The van der Waals surface area contributed by atoms with Gasteiger partial charge in [-0.25, -0.2) is 0 Å². The molecule has 7 heteroatoms. The molecule has 148 valence electrons. The van der Waals surface area contributed by atoms with Crippen molar-refractivity contribution >= 4 is 0 Å². The summed E-state index contributed by atoms with van der Waals surface area (Å²) in [7, 11) is 3.06. The van der Waals surface area contributed by atoms with E-state index in [4.69, 9.17) is 23.7 Å². The quantitative estimate of drug-likeness (QED) is 0.637. The second-order valence-corrected chi connectivity index (χ2v) is 6.79. The van der Waals surface area contributed by atoms with Crippen LogP contribution >= 0.6 is 0 Å². The van der Waals surface area contributed by atoms with Gasteiger partial charge in [-0.2, -0.15) is 10.5 Å². The van der Waals surface area contributed by atoms with Gasteiger partial charge in [-0.1, -0.05) is 24.3 Å². The van der Waals surface area contributed by atoms with Crippen molar-refractivity contribution in [3.05, 3.63) is 58.7 Å². The fourth-order valence-corrected chi connectivity index (χ4v) is 3.49. The molecule has 2 aliphatic heterocycles. The highest BCUT2D eigenvalue weighted by Crippen LogP contribution is 2.43. The molecule has 2 heterocycles. The van der Waals surface area contributed by atoms with E-state index in [-0.39, 0.29) is 12.2 Å². The van der Waals surface area contributed by atoms with Crippen LogP contribution in [-0.4, -0.2) is 39.6 Å². The van der Waals surface area contributed by atoms with Gasteiger partial charge in [0.15, 0.2) is 0 Å². The van der Waals surface area contributed by atoms with Crippen LogP contribution in [0, 0.1) is 22.7 Å². The van der Waals surface area contributed by atoms with Gasteiger partial charge in [-0.3, -0.25) is 0 Å². The third-order valence-corrected chi connectivity index (χ3v) is 5.08. The molecule has 0 spiro atoms. The Balaban J connectivity index is 1.74. The largest absolute Gasteiger partial charge is 0.495 e. The van der Waals surface area contributed by atoms with E-state index in [1.807, 2.05) is 24.3 Å². The van der Waals surface area contributed by atoms with E-state index in [1.54, 1.807) is 12.1 Å². The van der Waals surface area contributed by atoms with Crippen molar-refractivity contribution in [2.75, 3.05) is 27.4 Å². The number of epoxide rings is 2. The van der Waals surface area contributed by atoms with Gasteiger partial charge in [-0.15, -0.1) is 0 Å². The standard InChI is InChI=1S/C22H20N2O5/c1-25-17-7-3-5-13(15(17)9-23)21(19-11-27-19)29-22(20-12-28-20)14-6-4-8-18(26-2)16(14)10-24/h3-8,19-22H,11-12H2,1-2H3. The first-order valence-electron chi connectivity index (χ1n) is 9.24. The van der Waals surface area contributed by atoms with E-state index < -0.39 is 12.2 Å². The second-order valence-electron chi connectivity index (χ2n) is 6.79. The smallest absolute Gasteiger partial charge is 0.137 e. The zero-order valence-electron chi connectivity index (χ0n) is 16.1. The molecule has 2 aromatic rings. The van der Waals surface area contributed by atoms with Gasteiger partial charge in [0.2, 0.25) is 0 Å². The number of hydrogen-bond acceptors (Lipinski definition) is 7. The van der Waals surface area contributed by atoms with E-state index in [0.29, 0.717) is 47.0 Å². The third-order valence-electron chi connectivity index (χ3n) is 5.08. The lowest BCUT2D eigenvalue weighted by molar-refractivity contribution is -0.0422. The van der Waals surface area contributed by atoms with Gasteiger partial charge < -0.3 is 23.7 Å². The Morgan fingerprint density at radius 2 is 1.24 bits per heavy atom. The minimum Gasteiger partial charge on any atom is -0.495 e. The monoisotopic (exact) mass is 392 g/mol. The minimum absolute atomic E-state index is 0.174. The van der Waals surface area contributed by atoms with E-state index >= 15 is 0 Å². The summed E-state index contributed by atoms with van der Waals surface area (Å²) in [6.07, 6.45) is -1.34. The van der Waals surface area contributed by atoms with E-state index in [9.17, 15) is 10.5 Å². The maximum Gasteiger partial charge on any atom is 0.137 e. The molecule has 0 saturated carbocycles. The predicted molar refractivity (Wildman–Crippen MR) is 101 cm³/mol. The Morgan fingerprint density at radius 1 is 0.828 bits per heavy atom. The van der Waals surface area contributed by atoms with Crippen LogP contribution in [0.15, 0.2) is 36.4 Å². The summed E-state index contributed by atoms with van der Waals surface area (Å²) in [4.78, 5) is 0. The van der Waals surface area contributed by atoms with Crippen LogP contribution in [0.3, 0.4) is 0 Å². The fraction of sp³-hybridized carbons (Fsp3) is 0.364. The molecule has 7 nitrogen and oxygen atoms in total. The molecule has 4 rings (SSSR count). The number of ether oxygens (including phenoxy) is 5. The molecule has 2 fully saturated rings. The van der Waals surface area contributed by atoms with Crippen molar-refractivity contribution in [1.29, 1.82) is 10.5 Å². The van der Waals surface area contributed by atoms with Gasteiger partial charge >= 0.3 is 0 Å². The first kappa shape index (κ1) is 19.2. The molecule has 2 aromatic carbocycles. The minimum atomic E-state index is -0.494. The lowest BCUT2D eigenvalue weighted by atomic mass is 9.97. The molecule has 0 radical (unpaired) electrons. The zero-order valence-corrected chi connectivity index (χ0v) is 16.1. The van der Waals surface area contributed by atoms with Crippen LogP contribution in [-0.2, 0) is 14.2 Å². The highest BCUT2D eigenvalue weighted by molar-refractivity contribution is 5.52. The van der Waals surface area contributed by atoms with Crippen LogP contribution in [0.5, 0.6) is 11.5 Å². The summed E-state index contributed by atoms with van der Waals surface area (Å²) in [6.45, 7) is 1.07. The average Bonchev–Trinajstić information content (AvgIpc) is 3.66. The average molecular weight is 392 g/mol. The molecule has 2 aliphatic rings. The Kier molecular flexibility index (Phi) is 5.37. The SMILES string of the molecule is COc1cccc(C(OC(c2cccc(OC)c2C#N)C2CO2)C2CO2)c1C#N. The first-order chi connectivity index (χ1) is 14.2. The van der Waals surface area contributed by atoms with Crippen molar-refractivity contribution in [1.82, 2.24) is 0 Å². The maximum absolute atomic E-state index is 9.69. The molecular weight excluding hydrogens is 372 g/mol. The molecule has 29 heavy (non-hydrogen) atoms. The second kappa shape index (κ2) is 8.10. The molecule has 0 aliphatic carbocycles. The predicted octanol–water partition coefficient (Wildman–Crippen LogP) is 3.04. The Bertz CT molecular complexity index is 906.